The molecule has 9 atom stereocenters. The summed E-state index contributed by atoms with van der Waals surface area (Å²) in [6, 6.07) is 0. The molecule has 1 aliphatic rings. The fourth-order valence-corrected chi connectivity index (χ4v) is 2.67. The lowest BCUT2D eigenvalue weighted by molar-refractivity contribution is -0.326. The smallest absolute Gasteiger partial charge is 0.251 e. The number of hydrogen-bond acceptors (Lipinski definition) is 11. The summed E-state index contributed by atoms with van der Waals surface area (Å²) >= 11 is 0. The van der Waals surface area contributed by atoms with E-state index in [1.54, 1.807) is 0 Å². The molecule has 1 aliphatic heterocycles. The predicted octanol–water partition coefficient (Wildman–Crippen LogP) is -4.84. The zero-order valence-corrected chi connectivity index (χ0v) is 15.5. The summed E-state index contributed by atoms with van der Waals surface area (Å²) in [6.45, 7) is 0.478. The maximum atomic E-state index is 11.9. The highest BCUT2D eigenvalue weighted by Crippen LogP contribution is 2.25. The van der Waals surface area contributed by atoms with Crippen LogP contribution in [0.2, 0.25) is 0 Å². The summed E-state index contributed by atoms with van der Waals surface area (Å²) in [6.07, 6.45) is -14.6. The van der Waals surface area contributed by atoms with Gasteiger partial charge in [0, 0.05) is 6.54 Å². The van der Waals surface area contributed by atoms with E-state index in [1.807, 2.05) is 6.92 Å². The fourth-order valence-electron chi connectivity index (χ4n) is 2.67. The van der Waals surface area contributed by atoms with E-state index in [4.69, 9.17) is 9.47 Å². The van der Waals surface area contributed by atoms with Crippen LogP contribution in [0.3, 0.4) is 0 Å². The number of carbonyl (C=O) groups is 1. The van der Waals surface area contributed by atoms with Crippen molar-refractivity contribution in [2.24, 2.45) is 0 Å². The van der Waals surface area contributed by atoms with Gasteiger partial charge in [-0.3, -0.25) is 4.79 Å². The lowest BCUT2D eigenvalue weighted by atomic mass is 9.98. The minimum absolute atomic E-state index is 0.250. The maximum absolute atomic E-state index is 11.9. The van der Waals surface area contributed by atoms with E-state index in [0.29, 0.717) is 6.42 Å². The molecule has 0 aromatic rings. The molecule has 166 valence electrons. The Morgan fingerprint density at radius 3 is 2.29 bits per heavy atom. The maximum Gasteiger partial charge on any atom is 0.251 e. The van der Waals surface area contributed by atoms with Gasteiger partial charge in [0.2, 0.25) is 0 Å². The van der Waals surface area contributed by atoms with E-state index in [1.165, 1.54) is 0 Å². The number of ether oxygens (including phenoxy) is 2. The van der Waals surface area contributed by atoms with Gasteiger partial charge in [0.05, 0.1) is 13.2 Å². The van der Waals surface area contributed by atoms with Crippen LogP contribution < -0.4 is 5.32 Å². The van der Waals surface area contributed by atoms with E-state index < -0.39 is 74.2 Å². The third-order valence-corrected chi connectivity index (χ3v) is 4.46. The highest BCUT2D eigenvalue weighted by Gasteiger charge is 2.47. The van der Waals surface area contributed by atoms with Crippen molar-refractivity contribution in [3.8, 4) is 0 Å². The van der Waals surface area contributed by atoms with Gasteiger partial charge in [-0.1, -0.05) is 13.3 Å². The number of amides is 1. The van der Waals surface area contributed by atoms with Gasteiger partial charge in [-0.05, 0) is 6.42 Å². The van der Waals surface area contributed by atoms with Crippen LogP contribution in [0.25, 0.3) is 0 Å². The molecule has 1 saturated heterocycles. The van der Waals surface area contributed by atoms with Crippen molar-refractivity contribution in [3.63, 3.8) is 0 Å². The second-order valence-electron chi connectivity index (χ2n) is 6.63. The molecule has 1 rings (SSSR count). The third kappa shape index (κ3) is 6.29. The second kappa shape index (κ2) is 11.9. The molecule has 9 N–H and O–H groups in total. The standard InChI is InChI=1S/C16H31NO11/c1-2-3-4-17-15(26)12(24)11(23)14(7(20)5-18)28-16-13(25)10(22)9(21)8(6-19)27-16/h7-14,16,18-25H,2-6H2,1H3,(H,17,26)/t7-,8-,9+,10+,11-,12-,13-,14-,16?/m1/s1. The van der Waals surface area contributed by atoms with Crippen LogP contribution in [-0.4, -0.2) is 122 Å². The number of aliphatic hydroxyl groups excluding tert-OH is 8. The van der Waals surface area contributed by atoms with Gasteiger partial charge in [-0.15, -0.1) is 0 Å². The average Bonchev–Trinajstić information content (AvgIpc) is 2.70. The Bertz CT molecular complexity index is 466. The van der Waals surface area contributed by atoms with Crippen LogP contribution in [0, 0.1) is 0 Å². The van der Waals surface area contributed by atoms with Crippen LogP contribution in [0.4, 0.5) is 0 Å². The molecule has 0 aromatic heterocycles. The largest absolute Gasteiger partial charge is 0.394 e. The Balaban J connectivity index is 2.88. The lowest BCUT2D eigenvalue weighted by Gasteiger charge is -2.42. The summed E-state index contributed by atoms with van der Waals surface area (Å²) in [5.41, 5.74) is 0. The van der Waals surface area contributed by atoms with Gasteiger partial charge in [-0.25, -0.2) is 0 Å². The van der Waals surface area contributed by atoms with Crippen LogP contribution >= 0.6 is 0 Å². The number of nitrogens with one attached hydrogen (secondary N) is 1. The molecule has 1 heterocycles. The molecule has 12 nitrogen and oxygen atoms in total. The van der Waals surface area contributed by atoms with Crippen molar-refractivity contribution in [3.05, 3.63) is 0 Å². The number of unbranched alkanes of at least 4 members (excludes halogenated alkanes) is 1. The fraction of sp³-hybridized carbons (Fsp3) is 0.938. The highest BCUT2D eigenvalue weighted by atomic mass is 16.7. The summed E-state index contributed by atoms with van der Waals surface area (Å²) in [4.78, 5) is 11.9. The Morgan fingerprint density at radius 1 is 1.11 bits per heavy atom. The first kappa shape index (κ1) is 25.1. The van der Waals surface area contributed by atoms with Gasteiger partial charge >= 0.3 is 0 Å². The van der Waals surface area contributed by atoms with Crippen molar-refractivity contribution in [1.82, 2.24) is 5.32 Å². The molecule has 0 radical (unpaired) electrons. The first-order valence-corrected chi connectivity index (χ1v) is 9.08. The molecule has 0 aliphatic carbocycles. The summed E-state index contributed by atoms with van der Waals surface area (Å²) < 4.78 is 10.3. The van der Waals surface area contributed by atoms with E-state index in [0.717, 1.165) is 6.42 Å². The summed E-state index contributed by atoms with van der Waals surface area (Å²) in [7, 11) is 0. The Labute approximate surface area is 161 Å². The quantitative estimate of drug-likeness (QED) is 0.147. The molecule has 1 fully saturated rings. The molecule has 0 aromatic carbocycles. The number of hydrogen-bond donors (Lipinski definition) is 9. The Morgan fingerprint density at radius 2 is 1.75 bits per heavy atom. The van der Waals surface area contributed by atoms with Gasteiger partial charge in [0.1, 0.15) is 42.7 Å². The predicted molar refractivity (Wildman–Crippen MR) is 91.7 cm³/mol. The molecule has 12 heteroatoms. The Kier molecular flexibility index (Phi) is 10.7. The minimum atomic E-state index is -2.03. The van der Waals surface area contributed by atoms with Crippen molar-refractivity contribution in [1.29, 1.82) is 0 Å². The Hall–Kier alpha value is -0.930. The molecule has 0 saturated carbocycles. The van der Waals surface area contributed by atoms with Gasteiger partial charge in [0.25, 0.3) is 5.91 Å². The van der Waals surface area contributed by atoms with Crippen molar-refractivity contribution in [2.75, 3.05) is 19.8 Å². The van der Waals surface area contributed by atoms with Gasteiger partial charge in [0.15, 0.2) is 12.4 Å². The van der Waals surface area contributed by atoms with E-state index in [-0.39, 0.29) is 6.54 Å². The molecule has 28 heavy (non-hydrogen) atoms. The summed E-state index contributed by atoms with van der Waals surface area (Å²) in [5, 5.41) is 80.5. The van der Waals surface area contributed by atoms with Crippen molar-refractivity contribution >= 4 is 5.91 Å². The lowest BCUT2D eigenvalue weighted by Crippen LogP contribution is -2.62. The third-order valence-electron chi connectivity index (χ3n) is 4.46. The highest BCUT2D eigenvalue weighted by molar-refractivity contribution is 5.81. The molecular formula is C16H31NO11. The van der Waals surface area contributed by atoms with Crippen molar-refractivity contribution in [2.45, 2.75) is 74.9 Å². The van der Waals surface area contributed by atoms with Crippen LogP contribution in [0.5, 0.6) is 0 Å². The molecule has 0 spiro atoms. The van der Waals surface area contributed by atoms with Gasteiger partial charge in [-0.2, -0.15) is 0 Å². The number of rotatable bonds is 11. The normalized spacial score (nSPS) is 32.4. The van der Waals surface area contributed by atoms with E-state index in [9.17, 15) is 45.6 Å². The molecule has 0 bridgehead atoms. The van der Waals surface area contributed by atoms with Crippen LogP contribution in [-0.2, 0) is 14.3 Å². The zero-order chi connectivity index (χ0) is 21.4. The van der Waals surface area contributed by atoms with Crippen LogP contribution in [0.15, 0.2) is 0 Å². The van der Waals surface area contributed by atoms with E-state index in [2.05, 4.69) is 5.32 Å². The number of aliphatic hydroxyl groups is 8. The summed E-state index contributed by atoms with van der Waals surface area (Å²) in [5.74, 6) is -0.937. The monoisotopic (exact) mass is 413 g/mol. The first-order valence-electron chi connectivity index (χ1n) is 9.08. The second-order valence-corrected chi connectivity index (χ2v) is 6.63. The number of carbonyl (C=O) groups excluding carboxylic acids is 1. The van der Waals surface area contributed by atoms with E-state index >= 15 is 0 Å². The molecule has 1 unspecified atom stereocenters. The van der Waals surface area contributed by atoms with Gasteiger partial charge < -0.3 is 55.6 Å². The average molecular weight is 413 g/mol. The SMILES string of the molecule is CCCCNC(=O)[C@H](O)[C@@H](O)[C@H](OC1O[C@H](CO)[C@H](O)[C@H](O)[C@H]1O)[C@H](O)CO. The first-order chi connectivity index (χ1) is 13.2. The van der Waals surface area contributed by atoms with Crippen LogP contribution in [0.1, 0.15) is 19.8 Å². The topological polar surface area (TPSA) is 209 Å². The zero-order valence-electron chi connectivity index (χ0n) is 15.5. The molecule has 1 amide bonds. The molecular weight excluding hydrogens is 382 g/mol. The van der Waals surface area contributed by atoms with Crippen molar-refractivity contribution < 1.29 is 55.1 Å². The minimum Gasteiger partial charge on any atom is -0.394 e.